The van der Waals surface area contributed by atoms with Gasteiger partial charge in [0.25, 0.3) is 0 Å². The summed E-state index contributed by atoms with van der Waals surface area (Å²) in [6, 6.07) is 31.6. The molecule has 0 amide bonds. The van der Waals surface area contributed by atoms with Gasteiger partial charge in [0.15, 0.2) is 0 Å². The summed E-state index contributed by atoms with van der Waals surface area (Å²) in [6.07, 6.45) is 3.28. The average molecular weight is 397 g/mol. The van der Waals surface area contributed by atoms with Gasteiger partial charge in [0, 0.05) is 23.5 Å². The predicted molar refractivity (Wildman–Crippen MR) is 122 cm³/mol. The molecule has 0 saturated heterocycles. The maximum absolute atomic E-state index is 10.1. The van der Waals surface area contributed by atoms with Crippen LogP contribution in [0.1, 0.15) is 17.0 Å². The predicted octanol–water partition coefficient (Wildman–Crippen LogP) is 6.28. The third kappa shape index (κ3) is 4.23. The zero-order valence-electron chi connectivity index (χ0n) is 16.5. The molecule has 0 bridgehead atoms. The van der Waals surface area contributed by atoms with E-state index in [1.54, 1.807) is 11.8 Å². The van der Waals surface area contributed by atoms with E-state index in [2.05, 4.69) is 83.1 Å². The number of nitrogens with zero attached hydrogens (tertiary/aromatic N) is 2. The highest BCUT2D eigenvalue weighted by atomic mass is 32.2. The summed E-state index contributed by atoms with van der Waals surface area (Å²) in [4.78, 5) is 3.35. The minimum atomic E-state index is -0.225. The molecule has 3 heteroatoms. The maximum Gasteiger partial charge on any atom is 0.124 e. The van der Waals surface area contributed by atoms with E-state index in [4.69, 9.17) is 0 Å². The van der Waals surface area contributed by atoms with Gasteiger partial charge in [-0.05, 0) is 53.1 Å². The molecular weight excluding hydrogens is 372 g/mol. The average Bonchev–Trinajstić information content (AvgIpc) is 3.14. The van der Waals surface area contributed by atoms with Crippen LogP contribution in [0.3, 0.4) is 0 Å². The van der Waals surface area contributed by atoms with Crippen LogP contribution in [-0.2, 0) is 6.42 Å². The molecule has 0 heterocycles. The van der Waals surface area contributed by atoms with E-state index < -0.39 is 0 Å². The lowest BCUT2D eigenvalue weighted by Gasteiger charge is -2.32. The van der Waals surface area contributed by atoms with Crippen LogP contribution in [0.2, 0.25) is 0 Å². The lowest BCUT2D eigenvalue weighted by molar-refractivity contribution is 0.497. The molecule has 0 N–H and O–H groups in total. The Kier molecular flexibility index (Phi) is 6.03. The number of anilines is 1. The van der Waals surface area contributed by atoms with Crippen LogP contribution < -0.4 is 4.90 Å². The number of allylic oxidation sites excluding steroid dienone is 1. The van der Waals surface area contributed by atoms with Crippen molar-refractivity contribution >= 4 is 17.4 Å². The van der Waals surface area contributed by atoms with Gasteiger partial charge in [0.1, 0.15) is 6.04 Å². The molecule has 0 radical (unpaired) electrons. The van der Waals surface area contributed by atoms with Crippen molar-refractivity contribution in [2.24, 2.45) is 5.92 Å². The number of para-hydroxylation sites is 1. The van der Waals surface area contributed by atoms with E-state index in [1.807, 2.05) is 31.3 Å². The van der Waals surface area contributed by atoms with Crippen molar-refractivity contribution in [2.75, 3.05) is 11.9 Å². The first kappa shape index (κ1) is 19.4. The molecule has 3 aromatic carbocycles. The Morgan fingerprint density at radius 3 is 2.34 bits per heavy atom. The smallest absolute Gasteiger partial charge is 0.124 e. The monoisotopic (exact) mass is 396 g/mol. The van der Waals surface area contributed by atoms with E-state index in [9.17, 15) is 5.26 Å². The molecule has 2 nitrogen and oxygen atoms in total. The second-order valence-corrected chi connectivity index (χ2v) is 8.35. The Morgan fingerprint density at radius 1 is 0.966 bits per heavy atom. The van der Waals surface area contributed by atoms with Crippen molar-refractivity contribution in [1.29, 1.82) is 5.26 Å². The van der Waals surface area contributed by atoms with E-state index in [-0.39, 0.29) is 12.0 Å². The topological polar surface area (TPSA) is 27.0 Å². The maximum atomic E-state index is 10.1. The molecule has 4 rings (SSSR count). The molecule has 3 atom stereocenters. The number of likely N-dealkylation sites (N-methyl/N-ethyl adjacent to an activating group) is 1. The van der Waals surface area contributed by atoms with Gasteiger partial charge in [0.2, 0.25) is 0 Å². The van der Waals surface area contributed by atoms with Crippen LogP contribution in [0.25, 0.3) is 0 Å². The molecule has 29 heavy (non-hydrogen) atoms. The van der Waals surface area contributed by atoms with Crippen molar-refractivity contribution in [3.8, 4) is 6.07 Å². The van der Waals surface area contributed by atoms with Crippen LogP contribution in [0.5, 0.6) is 0 Å². The van der Waals surface area contributed by atoms with E-state index >= 15 is 0 Å². The fraction of sp³-hybridized carbons (Fsp3) is 0.192. The third-order valence-corrected chi connectivity index (χ3v) is 6.49. The molecule has 1 aliphatic rings. The minimum absolute atomic E-state index is 0.147. The second-order valence-electron chi connectivity index (χ2n) is 7.37. The first-order valence-corrected chi connectivity index (χ1v) is 10.8. The number of thioether (sulfide) groups is 1. The number of nitriles is 1. The molecule has 144 valence electrons. The fourth-order valence-electron chi connectivity index (χ4n) is 4.20. The first-order valence-electron chi connectivity index (χ1n) is 9.91. The van der Waals surface area contributed by atoms with Crippen molar-refractivity contribution in [1.82, 2.24) is 0 Å². The molecule has 0 saturated carbocycles. The third-order valence-electron chi connectivity index (χ3n) is 5.66. The normalized spacial score (nSPS) is 18.9. The van der Waals surface area contributed by atoms with Gasteiger partial charge >= 0.3 is 0 Å². The molecule has 0 fully saturated rings. The fourth-order valence-corrected chi connectivity index (χ4v) is 4.95. The standard InChI is InChI=1S/C26H24N2S/c1-28(22-11-4-2-5-12-22)25(19-27)26-21(18-20-10-8-9-15-24(20)26)16-17-29-23-13-6-3-7-14-23/h2-17,21,25-26H,18H2,1H3/b17-16+/t21-,25+,26+/m0/s1. The summed E-state index contributed by atoms with van der Waals surface area (Å²) in [5.41, 5.74) is 3.74. The molecule has 0 spiro atoms. The molecule has 1 aliphatic carbocycles. The highest BCUT2D eigenvalue weighted by molar-refractivity contribution is 8.02. The van der Waals surface area contributed by atoms with Crippen molar-refractivity contribution in [2.45, 2.75) is 23.3 Å². The summed E-state index contributed by atoms with van der Waals surface area (Å²) in [7, 11) is 2.03. The van der Waals surface area contributed by atoms with Crippen LogP contribution >= 0.6 is 11.8 Å². The number of benzene rings is 3. The van der Waals surface area contributed by atoms with Crippen LogP contribution in [-0.4, -0.2) is 13.1 Å². The van der Waals surface area contributed by atoms with Gasteiger partial charge in [-0.25, -0.2) is 0 Å². The van der Waals surface area contributed by atoms with E-state index in [0.29, 0.717) is 5.92 Å². The highest BCUT2D eigenvalue weighted by Crippen LogP contribution is 2.43. The van der Waals surface area contributed by atoms with Gasteiger partial charge in [-0.3, -0.25) is 0 Å². The zero-order chi connectivity index (χ0) is 20.1. The van der Waals surface area contributed by atoms with Crippen LogP contribution in [0, 0.1) is 17.2 Å². The van der Waals surface area contributed by atoms with E-state index in [1.165, 1.54) is 16.0 Å². The van der Waals surface area contributed by atoms with Crippen LogP contribution in [0.4, 0.5) is 5.69 Å². The van der Waals surface area contributed by atoms with Crippen molar-refractivity contribution in [3.05, 3.63) is 108 Å². The lowest BCUT2D eigenvalue weighted by atomic mass is 9.85. The van der Waals surface area contributed by atoms with Gasteiger partial charge in [-0.2, -0.15) is 5.26 Å². The summed E-state index contributed by atoms with van der Waals surface area (Å²) < 4.78 is 0. The SMILES string of the molecule is CN(c1ccccc1)[C@H](C#N)[C@H]1c2ccccc2C[C@@H]1/C=C/Sc1ccccc1. The van der Waals surface area contributed by atoms with Gasteiger partial charge in [-0.1, -0.05) is 78.5 Å². The van der Waals surface area contributed by atoms with Crippen LogP contribution in [0.15, 0.2) is 101 Å². The molecular formula is C26H24N2S. The minimum Gasteiger partial charge on any atom is -0.358 e. The quantitative estimate of drug-likeness (QED) is 0.459. The molecule has 0 aromatic heterocycles. The van der Waals surface area contributed by atoms with Gasteiger partial charge < -0.3 is 4.90 Å². The Hall–Kier alpha value is -2.96. The first-order chi connectivity index (χ1) is 14.3. The van der Waals surface area contributed by atoms with Crippen molar-refractivity contribution in [3.63, 3.8) is 0 Å². The van der Waals surface area contributed by atoms with Gasteiger partial charge in [0.05, 0.1) is 6.07 Å². The second kappa shape index (κ2) is 9.03. The summed E-state index contributed by atoms with van der Waals surface area (Å²) in [5.74, 6) is 0.452. The Balaban J connectivity index is 1.62. The van der Waals surface area contributed by atoms with Gasteiger partial charge in [-0.15, -0.1) is 0 Å². The Bertz CT molecular complexity index is 1010. The van der Waals surface area contributed by atoms with Crippen molar-refractivity contribution < 1.29 is 0 Å². The number of hydrogen-bond donors (Lipinski definition) is 0. The lowest BCUT2D eigenvalue weighted by Crippen LogP contribution is -2.37. The summed E-state index contributed by atoms with van der Waals surface area (Å²) in [5, 5.41) is 12.3. The molecule has 0 unspecified atom stereocenters. The number of fused-ring (bicyclic) bond motifs is 1. The molecule has 0 aliphatic heterocycles. The Labute approximate surface area is 177 Å². The van der Waals surface area contributed by atoms with E-state index in [0.717, 1.165) is 12.1 Å². The zero-order valence-corrected chi connectivity index (χ0v) is 17.3. The molecule has 3 aromatic rings. The largest absolute Gasteiger partial charge is 0.358 e. The number of hydrogen-bond acceptors (Lipinski definition) is 3. The summed E-state index contributed by atoms with van der Waals surface area (Å²) in [6.45, 7) is 0. The number of rotatable bonds is 6. The summed E-state index contributed by atoms with van der Waals surface area (Å²) >= 11 is 1.74. The highest BCUT2D eigenvalue weighted by Gasteiger charge is 2.38. The Morgan fingerprint density at radius 2 is 1.62 bits per heavy atom.